The second-order valence-corrected chi connectivity index (χ2v) is 6.00. The van der Waals surface area contributed by atoms with Crippen molar-refractivity contribution in [2.45, 2.75) is 25.1 Å². The van der Waals surface area contributed by atoms with E-state index in [1.165, 1.54) is 12.1 Å². The predicted molar refractivity (Wildman–Crippen MR) is 79.5 cm³/mol. The average molecular weight is 350 g/mol. The molecule has 0 aliphatic heterocycles. The summed E-state index contributed by atoms with van der Waals surface area (Å²) in [5.74, 6) is 0.796. The number of carbonyl (C=O) groups excluding carboxylic acids is 1. The van der Waals surface area contributed by atoms with Gasteiger partial charge in [0.2, 0.25) is 0 Å². The summed E-state index contributed by atoms with van der Waals surface area (Å²) >= 11 is 4.86. The Morgan fingerprint density at radius 2 is 2.26 bits per heavy atom. The molecule has 0 aliphatic rings. The number of hydrogen-bond acceptors (Lipinski definition) is 4. The van der Waals surface area contributed by atoms with E-state index in [-0.39, 0.29) is 11.8 Å². The highest BCUT2D eigenvalue weighted by molar-refractivity contribution is 9.10. The maximum absolute atomic E-state index is 13.1. The first-order valence-electron chi connectivity index (χ1n) is 5.98. The van der Waals surface area contributed by atoms with Crippen LogP contribution >= 0.6 is 27.7 Å². The van der Waals surface area contributed by atoms with Gasteiger partial charge in [-0.2, -0.15) is 11.8 Å². The summed E-state index contributed by atoms with van der Waals surface area (Å²) in [6, 6.07) is 4.22. The Kier molecular flexibility index (Phi) is 7.41. The lowest BCUT2D eigenvalue weighted by molar-refractivity contribution is -0.144. The lowest BCUT2D eigenvalue weighted by Crippen LogP contribution is -2.32. The molecule has 6 heteroatoms. The van der Waals surface area contributed by atoms with E-state index < -0.39 is 6.04 Å². The summed E-state index contributed by atoms with van der Waals surface area (Å²) in [5.41, 5.74) is 6.58. The maximum Gasteiger partial charge on any atom is 0.322 e. The molecular weight excluding hydrogens is 333 g/mol. The second-order valence-electron chi connectivity index (χ2n) is 3.98. The first-order valence-corrected chi connectivity index (χ1v) is 7.92. The zero-order valence-corrected chi connectivity index (χ0v) is 13.1. The molecule has 0 aromatic heterocycles. The van der Waals surface area contributed by atoms with Crippen LogP contribution in [0.4, 0.5) is 4.39 Å². The van der Waals surface area contributed by atoms with Gasteiger partial charge in [0.15, 0.2) is 0 Å². The molecule has 1 unspecified atom stereocenters. The van der Waals surface area contributed by atoms with Crippen molar-refractivity contribution in [3.8, 4) is 0 Å². The Hall–Kier alpha value is -0.590. The highest BCUT2D eigenvalue weighted by Crippen LogP contribution is 2.19. The molecule has 0 fully saturated rings. The van der Waals surface area contributed by atoms with Gasteiger partial charge in [-0.25, -0.2) is 4.39 Å². The molecule has 3 nitrogen and oxygen atoms in total. The molecule has 0 radical (unpaired) electrons. The van der Waals surface area contributed by atoms with Crippen LogP contribution in [0, 0.1) is 5.82 Å². The van der Waals surface area contributed by atoms with Crippen LogP contribution in [0.25, 0.3) is 0 Å². The fraction of sp³-hybridized carbons (Fsp3) is 0.462. The highest BCUT2D eigenvalue weighted by atomic mass is 79.9. The van der Waals surface area contributed by atoms with E-state index in [4.69, 9.17) is 10.5 Å². The topological polar surface area (TPSA) is 52.3 Å². The van der Waals surface area contributed by atoms with E-state index in [1.807, 2.05) is 6.07 Å². The van der Waals surface area contributed by atoms with Gasteiger partial charge < -0.3 is 10.5 Å². The molecule has 1 atom stereocenters. The Morgan fingerprint density at radius 1 is 1.53 bits per heavy atom. The number of carbonyl (C=O) groups is 1. The largest absolute Gasteiger partial charge is 0.465 e. The monoisotopic (exact) mass is 349 g/mol. The van der Waals surface area contributed by atoms with Gasteiger partial charge in [-0.05, 0) is 42.9 Å². The number of ether oxygens (including phenoxy) is 1. The summed E-state index contributed by atoms with van der Waals surface area (Å²) < 4.78 is 18.7. The number of benzene rings is 1. The van der Waals surface area contributed by atoms with Crippen LogP contribution in [0.15, 0.2) is 22.7 Å². The number of halogens is 2. The van der Waals surface area contributed by atoms with Gasteiger partial charge in [0.05, 0.1) is 6.61 Å². The quantitative estimate of drug-likeness (QED) is 0.607. The minimum absolute atomic E-state index is 0.256. The summed E-state index contributed by atoms with van der Waals surface area (Å²) in [7, 11) is 0. The van der Waals surface area contributed by atoms with Gasteiger partial charge in [0.1, 0.15) is 11.9 Å². The lowest BCUT2D eigenvalue weighted by Gasteiger charge is -2.10. The van der Waals surface area contributed by atoms with E-state index in [9.17, 15) is 9.18 Å². The summed E-state index contributed by atoms with van der Waals surface area (Å²) in [4.78, 5) is 11.3. The first kappa shape index (κ1) is 16.5. The van der Waals surface area contributed by atoms with Crippen LogP contribution in [0.1, 0.15) is 18.9 Å². The zero-order valence-electron chi connectivity index (χ0n) is 10.7. The smallest absolute Gasteiger partial charge is 0.322 e. The Morgan fingerprint density at radius 3 is 2.89 bits per heavy atom. The van der Waals surface area contributed by atoms with Gasteiger partial charge in [0.25, 0.3) is 0 Å². The zero-order chi connectivity index (χ0) is 14.3. The normalized spacial score (nSPS) is 12.2. The molecular formula is C13H17BrFNO2S. The number of hydrogen-bond donors (Lipinski definition) is 1. The fourth-order valence-electron chi connectivity index (χ4n) is 1.46. The number of nitrogens with two attached hydrogens (primary N) is 1. The third-order valence-corrected chi connectivity index (χ3v) is 3.87. The first-order chi connectivity index (χ1) is 9.02. The van der Waals surface area contributed by atoms with Crippen molar-refractivity contribution >= 4 is 33.7 Å². The average Bonchev–Trinajstić information content (AvgIpc) is 2.33. The van der Waals surface area contributed by atoms with E-state index >= 15 is 0 Å². The van der Waals surface area contributed by atoms with Crippen LogP contribution < -0.4 is 5.73 Å². The summed E-state index contributed by atoms with van der Waals surface area (Å²) in [6.45, 7) is 2.10. The van der Waals surface area contributed by atoms with E-state index in [0.29, 0.717) is 18.8 Å². The molecule has 0 saturated heterocycles. The van der Waals surface area contributed by atoms with E-state index in [1.54, 1.807) is 18.7 Å². The van der Waals surface area contributed by atoms with Gasteiger partial charge in [-0.15, -0.1) is 0 Å². The van der Waals surface area contributed by atoms with Crippen LogP contribution in [-0.4, -0.2) is 24.4 Å². The lowest BCUT2D eigenvalue weighted by atomic mass is 10.2. The predicted octanol–water partition coefficient (Wildman–Crippen LogP) is 3.10. The van der Waals surface area contributed by atoms with E-state index in [0.717, 1.165) is 15.8 Å². The molecule has 0 spiro atoms. The summed E-state index contributed by atoms with van der Waals surface area (Å²) in [6.07, 6.45) is 0.556. The summed E-state index contributed by atoms with van der Waals surface area (Å²) in [5, 5.41) is 0. The molecule has 19 heavy (non-hydrogen) atoms. The third kappa shape index (κ3) is 6.40. The Balaban J connectivity index is 2.29. The molecule has 106 valence electrons. The van der Waals surface area contributed by atoms with Gasteiger partial charge in [-0.1, -0.05) is 15.9 Å². The maximum atomic E-state index is 13.1. The number of thioether (sulfide) groups is 1. The van der Waals surface area contributed by atoms with Crippen molar-refractivity contribution in [2.75, 3.05) is 12.4 Å². The SMILES string of the molecule is CCOC(=O)C(N)CCSCc1cc(F)cc(Br)c1. The van der Waals surface area contributed by atoms with Crippen molar-refractivity contribution in [3.63, 3.8) is 0 Å². The molecule has 2 N–H and O–H groups in total. The van der Waals surface area contributed by atoms with Crippen molar-refractivity contribution in [3.05, 3.63) is 34.1 Å². The molecule has 0 amide bonds. The highest BCUT2D eigenvalue weighted by Gasteiger charge is 2.13. The molecule has 1 aromatic rings. The van der Waals surface area contributed by atoms with Gasteiger partial charge in [-0.3, -0.25) is 4.79 Å². The van der Waals surface area contributed by atoms with Crippen molar-refractivity contribution in [1.82, 2.24) is 0 Å². The fourth-order valence-corrected chi connectivity index (χ4v) is 2.94. The minimum atomic E-state index is -0.577. The van der Waals surface area contributed by atoms with Crippen LogP contribution in [0.3, 0.4) is 0 Å². The molecule has 0 saturated carbocycles. The van der Waals surface area contributed by atoms with Crippen LogP contribution in [-0.2, 0) is 15.3 Å². The van der Waals surface area contributed by atoms with Crippen LogP contribution in [0.2, 0.25) is 0 Å². The Labute approximate surface area is 125 Å². The second kappa shape index (κ2) is 8.55. The molecule has 0 aliphatic carbocycles. The number of esters is 1. The van der Waals surface area contributed by atoms with Crippen molar-refractivity contribution < 1.29 is 13.9 Å². The van der Waals surface area contributed by atoms with E-state index in [2.05, 4.69) is 15.9 Å². The Bertz CT molecular complexity index is 411. The van der Waals surface area contributed by atoms with Crippen molar-refractivity contribution in [1.29, 1.82) is 0 Å². The molecule has 0 bridgehead atoms. The minimum Gasteiger partial charge on any atom is -0.465 e. The standard InChI is InChI=1S/C13H17BrFNO2S/c1-2-18-13(17)12(16)3-4-19-8-9-5-10(14)7-11(15)6-9/h5-7,12H,2-4,8,16H2,1H3. The molecule has 1 rings (SSSR count). The van der Waals surface area contributed by atoms with Gasteiger partial charge >= 0.3 is 5.97 Å². The number of rotatable bonds is 7. The molecule has 0 heterocycles. The van der Waals surface area contributed by atoms with Crippen molar-refractivity contribution in [2.24, 2.45) is 5.73 Å². The van der Waals surface area contributed by atoms with Gasteiger partial charge in [0, 0.05) is 10.2 Å². The van der Waals surface area contributed by atoms with Crippen LogP contribution in [0.5, 0.6) is 0 Å². The molecule has 1 aromatic carbocycles. The third-order valence-electron chi connectivity index (χ3n) is 2.35.